The zero-order chi connectivity index (χ0) is 22.8. The zero-order valence-electron chi connectivity index (χ0n) is 18.2. The number of amides is 2. The van der Waals surface area contributed by atoms with Crippen LogP contribution in [0.2, 0.25) is 0 Å². The lowest BCUT2D eigenvalue weighted by molar-refractivity contribution is -0.120. The molecule has 1 saturated heterocycles. The number of rotatable bonds is 5. The number of carbonyl (C=O) groups excluding carboxylic acids is 2. The van der Waals surface area contributed by atoms with Crippen molar-refractivity contribution < 1.29 is 14.3 Å². The topological polar surface area (TPSA) is 87.3 Å². The van der Waals surface area contributed by atoms with Crippen LogP contribution in [0.15, 0.2) is 60.0 Å². The highest BCUT2D eigenvalue weighted by atomic mass is 32.1. The van der Waals surface area contributed by atoms with Crippen molar-refractivity contribution in [2.75, 3.05) is 11.9 Å². The van der Waals surface area contributed by atoms with Crippen molar-refractivity contribution in [3.8, 4) is 11.3 Å². The van der Waals surface area contributed by atoms with E-state index in [9.17, 15) is 9.59 Å². The quantitative estimate of drug-likeness (QED) is 0.421. The van der Waals surface area contributed by atoms with Gasteiger partial charge in [0.25, 0.3) is 0 Å². The average Bonchev–Trinajstić information content (AvgIpc) is 3.56. The van der Waals surface area contributed by atoms with Crippen molar-refractivity contribution in [1.29, 1.82) is 0 Å². The molecule has 0 aliphatic carbocycles. The van der Waals surface area contributed by atoms with Crippen LogP contribution in [0.1, 0.15) is 24.1 Å². The van der Waals surface area contributed by atoms with E-state index in [-0.39, 0.29) is 12.5 Å². The summed E-state index contributed by atoms with van der Waals surface area (Å²) in [7, 11) is 0. The molecule has 0 spiro atoms. The smallest absolute Gasteiger partial charge is 0.410 e. The molecule has 168 valence electrons. The van der Waals surface area contributed by atoms with Gasteiger partial charge in [-0.1, -0.05) is 36.4 Å². The van der Waals surface area contributed by atoms with E-state index in [2.05, 4.69) is 27.4 Å². The molecule has 0 bridgehead atoms. The minimum atomic E-state index is -0.556. The molecular weight excluding hydrogens is 436 g/mol. The van der Waals surface area contributed by atoms with Crippen molar-refractivity contribution in [3.05, 3.63) is 71.2 Å². The van der Waals surface area contributed by atoms with Crippen molar-refractivity contribution in [2.24, 2.45) is 0 Å². The van der Waals surface area contributed by atoms with Gasteiger partial charge in [-0.15, -0.1) is 11.3 Å². The van der Waals surface area contributed by atoms with Crippen molar-refractivity contribution in [1.82, 2.24) is 14.9 Å². The van der Waals surface area contributed by atoms with E-state index in [1.807, 2.05) is 54.8 Å². The molecule has 2 N–H and O–H groups in total. The molecule has 0 saturated carbocycles. The first kappa shape index (κ1) is 21.2. The Morgan fingerprint density at radius 1 is 1.21 bits per heavy atom. The number of ether oxygens (including phenoxy) is 1. The van der Waals surface area contributed by atoms with Gasteiger partial charge in [0.15, 0.2) is 5.13 Å². The summed E-state index contributed by atoms with van der Waals surface area (Å²) in [5, 5.41) is 6.46. The summed E-state index contributed by atoms with van der Waals surface area (Å²) in [4.78, 5) is 34.9. The van der Waals surface area contributed by atoms with Crippen molar-refractivity contribution >= 4 is 39.4 Å². The lowest BCUT2D eigenvalue weighted by Crippen LogP contribution is -2.43. The summed E-state index contributed by atoms with van der Waals surface area (Å²) in [6.45, 7) is 2.72. The molecule has 5 rings (SSSR count). The van der Waals surface area contributed by atoms with Gasteiger partial charge in [0.1, 0.15) is 12.6 Å². The van der Waals surface area contributed by atoms with Crippen LogP contribution in [0.25, 0.3) is 22.2 Å². The fourth-order valence-corrected chi connectivity index (χ4v) is 4.87. The summed E-state index contributed by atoms with van der Waals surface area (Å²) in [6, 6.07) is 17.2. The Morgan fingerprint density at radius 3 is 2.91 bits per heavy atom. The summed E-state index contributed by atoms with van der Waals surface area (Å²) < 4.78 is 5.43. The van der Waals surface area contributed by atoms with Gasteiger partial charge in [-0.05, 0) is 43.5 Å². The van der Waals surface area contributed by atoms with Gasteiger partial charge in [0.2, 0.25) is 5.91 Å². The number of aromatic nitrogens is 2. The first-order valence-electron chi connectivity index (χ1n) is 10.9. The Morgan fingerprint density at radius 2 is 2.06 bits per heavy atom. The molecule has 3 heterocycles. The predicted octanol–water partition coefficient (Wildman–Crippen LogP) is 5.34. The number of aromatic amines is 1. The second-order valence-corrected chi connectivity index (χ2v) is 9.03. The van der Waals surface area contributed by atoms with E-state index >= 15 is 0 Å². The first-order valence-corrected chi connectivity index (χ1v) is 11.8. The molecule has 33 heavy (non-hydrogen) atoms. The number of nitrogens with zero attached hydrogens (tertiary/aromatic N) is 2. The van der Waals surface area contributed by atoms with Crippen molar-refractivity contribution in [3.63, 3.8) is 0 Å². The van der Waals surface area contributed by atoms with Crippen LogP contribution in [0.5, 0.6) is 0 Å². The van der Waals surface area contributed by atoms with Gasteiger partial charge in [-0.25, -0.2) is 9.78 Å². The SMILES string of the molecule is Cc1cc2cc(-c3csc(NC(=O)C4CCCN4C(=O)OCc4ccccc4)n3)ccc2[nH]1. The number of carbonyl (C=O) groups is 2. The maximum atomic E-state index is 12.9. The van der Waals surface area contributed by atoms with Crippen LogP contribution in [-0.2, 0) is 16.1 Å². The Labute approximate surface area is 195 Å². The monoisotopic (exact) mass is 460 g/mol. The standard InChI is InChI=1S/C25H24N4O3S/c1-16-12-19-13-18(9-10-20(19)26-16)21-15-33-24(27-21)28-23(30)22-8-5-11-29(22)25(31)32-14-17-6-3-2-4-7-17/h2-4,6-7,9-10,12-13,15,22,26H,5,8,11,14H2,1H3,(H,27,28,30). The van der Waals surface area contributed by atoms with E-state index in [0.29, 0.717) is 18.1 Å². The van der Waals surface area contributed by atoms with Crippen LogP contribution in [0, 0.1) is 6.92 Å². The highest BCUT2D eigenvalue weighted by Crippen LogP contribution is 2.29. The Balaban J connectivity index is 1.23. The van der Waals surface area contributed by atoms with Crippen LogP contribution in [-0.4, -0.2) is 39.5 Å². The first-order chi connectivity index (χ1) is 16.1. The number of thiazole rings is 1. The Bertz CT molecular complexity index is 1300. The largest absolute Gasteiger partial charge is 0.445 e. The van der Waals surface area contributed by atoms with E-state index in [4.69, 9.17) is 4.74 Å². The van der Waals surface area contributed by atoms with Crippen LogP contribution in [0.3, 0.4) is 0 Å². The second kappa shape index (κ2) is 9.07. The minimum Gasteiger partial charge on any atom is -0.445 e. The Kier molecular flexibility index (Phi) is 5.83. The van der Waals surface area contributed by atoms with Gasteiger partial charge in [-0.2, -0.15) is 0 Å². The molecule has 1 fully saturated rings. The van der Waals surface area contributed by atoms with Gasteiger partial charge in [0, 0.05) is 34.1 Å². The van der Waals surface area contributed by atoms with Gasteiger partial charge in [0.05, 0.1) is 5.69 Å². The summed E-state index contributed by atoms with van der Waals surface area (Å²) >= 11 is 1.37. The van der Waals surface area contributed by atoms with Gasteiger partial charge < -0.3 is 15.0 Å². The fraction of sp³-hybridized carbons (Fsp3) is 0.240. The highest BCUT2D eigenvalue weighted by Gasteiger charge is 2.35. The molecule has 1 unspecified atom stereocenters. The molecule has 1 aliphatic heterocycles. The number of fused-ring (bicyclic) bond motifs is 1. The lowest BCUT2D eigenvalue weighted by atomic mass is 10.1. The second-order valence-electron chi connectivity index (χ2n) is 8.17. The molecule has 2 aromatic heterocycles. The van der Waals surface area contributed by atoms with Crippen LogP contribution in [0.4, 0.5) is 9.93 Å². The van der Waals surface area contributed by atoms with Crippen molar-refractivity contribution in [2.45, 2.75) is 32.4 Å². The summed E-state index contributed by atoms with van der Waals surface area (Å²) in [5.41, 5.74) is 4.90. The third-order valence-corrected chi connectivity index (χ3v) is 6.54. The molecule has 4 aromatic rings. The Hall–Kier alpha value is -3.65. The maximum Gasteiger partial charge on any atom is 0.410 e. The maximum absolute atomic E-state index is 12.9. The fourth-order valence-electron chi connectivity index (χ4n) is 4.15. The molecule has 7 nitrogen and oxygen atoms in total. The number of benzene rings is 2. The predicted molar refractivity (Wildman–Crippen MR) is 129 cm³/mol. The van der Waals surface area contributed by atoms with E-state index in [0.717, 1.165) is 39.8 Å². The molecule has 8 heteroatoms. The number of anilines is 1. The summed E-state index contributed by atoms with van der Waals surface area (Å²) in [6.07, 6.45) is 0.901. The molecular formula is C25H24N4O3S. The van der Waals surface area contributed by atoms with E-state index in [1.165, 1.54) is 16.2 Å². The van der Waals surface area contributed by atoms with E-state index in [1.54, 1.807) is 0 Å². The molecule has 2 amide bonds. The lowest BCUT2D eigenvalue weighted by Gasteiger charge is -2.22. The van der Waals surface area contributed by atoms with Gasteiger partial charge in [-0.3, -0.25) is 9.69 Å². The van der Waals surface area contributed by atoms with Crippen LogP contribution >= 0.6 is 11.3 Å². The number of aryl methyl sites for hydroxylation is 1. The molecule has 1 aliphatic rings. The van der Waals surface area contributed by atoms with Crippen LogP contribution < -0.4 is 5.32 Å². The molecule has 0 radical (unpaired) electrons. The number of hydrogen-bond donors (Lipinski definition) is 2. The number of nitrogens with one attached hydrogen (secondary N) is 2. The number of H-pyrrole nitrogens is 1. The minimum absolute atomic E-state index is 0.186. The zero-order valence-corrected chi connectivity index (χ0v) is 19.0. The van der Waals surface area contributed by atoms with Gasteiger partial charge >= 0.3 is 6.09 Å². The average molecular weight is 461 g/mol. The molecule has 1 atom stereocenters. The third kappa shape index (κ3) is 4.61. The normalized spacial score (nSPS) is 15.7. The third-order valence-electron chi connectivity index (χ3n) is 5.78. The summed E-state index contributed by atoms with van der Waals surface area (Å²) in [5.74, 6) is -0.234. The molecule has 2 aromatic carbocycles. The highest BCUT2D eigenvalue weighted by molar-refractivity contribution is 7.14. The van der Waals surface area contributed by atoms with E-state index < -0.39 is 12.1 Å². The number of likely N-dealkylation sites (tertiary alicyclic amines) is 1. The number of hydrogen-bond acceptors (Lipinski definition) is 5.